The van der Waals surface area contributed by atoms with Gasteiger partial charge in [-0.05, 0) is 44.7 Å². The van der Waals surface area contributed by atoms with Crippen molar-refractivity contribution in [1.29, 1.82) is 0 Å². The second-order valence-corrected chi connectivity index (χ2v) is 6.19. The molecule has 3 nitrogen and oxygen atoms in total. The van der Waals surface area contributed by atoms with E-state index < -0.39 is 6.10 Å². The first-order valence-electron chi connectivity index (χ1n) is 8.49. The van der Waals surface area contributed by atoms with Crippen molar-refractivity contribution in [1.82, 2.24) is 5.32 Å². The first-order chi connectivity index (χ1) is 10.5. The lowest BCUT2D eigenvalue weighted by atomic mass is 9.99. The van der Waals surface area contributed by atoms with Crippen LogP contribution in [0.5, 0.6) is 5.75 Å². The molecular formula is C19H31NO2. The summed E-state index contributed by atoms with van der Waals surface area (Å²) >= 11 is 0. The smallest absolute Gasteiger partial charge is 0.260 e. The van der Waals surface area contributed by atoms with E-state index in [0.717, 1.165) is 24.3 Å². The van der Waals surface area contributed by atoms with Crippen LogP contribution < -0.4 is 10.1 Å². The molecule has 0 saturated heterocycles. The number of amides is 1. The van der Waals surface area contributed by atoms with E-state index in [1.807, 2.05) is 32.9 Å². The molecule has 0 fully saturated rings. The SMILES string of the molecule is CCCC[C@H](CC)CNC(=O)[C@@H](C)Oc1ccc(C)cc1C. The number of aryl methyl sites for hydroxylation is 2. The molecule has 0 spiro atoms. The molecule has 3 heteroatoms. The van der Waals surface area contributed by atoms with Crippen LogP contribution >= 0.6 is 0 Å². The van der Waals surface area contributed by atoms with Gasteiger partial charge in [-0.15, -0.1) is 0 Å². The minimum absolute atomic E-state index is 0.0325. The number of ether oxygens (including phenoxy) is 1. The van der Waals surface area contributed by atoms with Crippen molar-refractivity contribution in [3.05, 3.63) is 29.3 Å². The zero-order valence-corrected chi connectivity index (χ0v) is 14.7. The molecule has 0 saturated carbocycles. The standard InChI is InChI=1S/C19H31NO2/c1-6-8-9-17(7-2)13-20-19(21)16(5)22-18-11-10-14(3)12-15(18)4/h10-12,16-17H,6-9,13H2,1-5H3,(H,20,21)/t16-,17+/m1/s1. The zero-order valence-electron chi connectivity index (χ0n) is 14.7. The van der Waals surface area contributed by atoms with E-state index in [0.29, 0.717) is 5.92 Å². The highest BCUT2D eigenvalue weighted by atomic mass is 16.5. The highest BCUT2D eigenvalue weighted by Gasteiger charge is 2.16. The Morgan fingerprint density at radius 3 is 2.59 bits per heavy atom. The number of benzene rings is 1. The maximum Gasteiger partial charge on any atom is 0.260 e. The topological polar surface area (TPSA) is 38.3 Å². The van der Waals surface area contributed by atoms with Crippen molar-refractivity contribution in [3.63, 3.8) is 0 Å². The van der Waals surface area contributed by atoms with Crippen LogP contribution in [0.15, 0.2) is 18.2 Å². The molecule has 0 aromatic heterocycles. The van der Waals surface area contributed by atoms with Crippen molar-refractivity contribution < 1.29 is 9.53 Å². The van der Waals surface area contributed by atoms with Gasteiger partial charge in [0.2, 0.25) is 0 Å². The first kappa shape index (κ1) is 18.5. The van der Waals surface area contributed by atoms with Crippen molar-refractivity contribution in [3.8, 4) is 5.75 Å². The van der Waals surface area contributed by atoms with Gasteiger partial charge in [-0.25, -0.2) is 0 Å². The van der Waals surface area contributed by atoms with Crippen LogP contribution in [0.2, 0.25) is 0 Å². The monoisotopic (exact) mass is 305 g/mol. The summed E-state index contributed by atoms with van der Waals surface area (Å²) in [5, 5.41) is 3.03. The van der Waals surface area contributed by atoms with Gasteiger partial charge in [0.15, 0.2) is 6.10 Å². The summed E-state index contributed by atoms with van der Waals surface area (Å²) in [6, 6.07) is 6.01. The predicted molar refractivity (Wildman–Crippen MR) is 92.3 cm³/mol. The van der Waals surface area contributed by atoms with Gasteiger partial charge in [-0.1, -0.05) is 50.8 Å². The van der Waals surface area contributed by atoms with Crippen molar-refractivity contribution in [2.24, 2.45) is 5.92 Å². The summed E-state index contributed by atoms with van der Waals surface area (Å²) in [6.45, 7) is 11.0. The van der Waals surface area contributed by atoms with E-state index in [-0.39, 0.29) is 5.91 Å². The van der Waals surface area contributed by atoms with E-state index in [1.54, 1.807) is 0 Å². The van der Waals surface area contributed by atoms with E-state index in [2.05, 4.69) is 25.2 Å². The minimum Gasteiger partial charge on any atom is -0.481 e. The number of rotatable bonds is 9. The molecule has 0 unspecified atom stereocenters. The number of hydrogen-bond acceptors (Lipinski definition) is 2. The Hall–Kier alpha value is -1.51. The summed E-state index contributed by atoms with van der Waals surface area (Å²) in [7, 11) is 0. The second kappa shape index (κ2) is 9.50. The molecular weight excluding hydrogens is 274 g/mol. The molecule has 124 valence electrons. The van der Waals surface area contributed by atoms with Gasteiger partial charge in [0, 0.05) is 6.54 Å². The normalized spacial score (nSPS) is 13.5. The lowest BCUT2D eigenvalue weighted by molar-refractivity contribution is -0.127. The molecule has 2 atom stereocenters. The van der Waals surface area contributed by atoms with Crippen LogP contribution in [0.25, 0.3) is 0 Å². The Labute approximate surface area is 135 Å². The largest absolute Gasteiger partial charge is 0.481 e. The molecule has 1 amide bonds. The Morgan fingerprint density at radius 2 is 2.00 bits per heavy atom. The number of carbonyl (C=O) groups excluding carboxylic acids is 1. The number of hydrogen-bond donors (Lipinski definition) is 1. The van der Waals surface area contributed by atoms with Crippen molar-refractivity contribution in [2.45, 2.75) is 66.4 Å². The maximum atomic E-state index is 12.2. The van der Waals surface area contributed by atoms with E-state index in [4.69, 9.17) is 4.74 Å². The minimum atomic E-state index is -0.468. The van der Waals surface area contributed by atoms with Crippen LogP contribution in [0.1, 0.15) is 57.6 Å². The summed E-state index contributed by atoms with van der Waals surface area (Å²) in [5.74, 6) is 1.32. The van der Waals surface area contributed by atoms with Gasteiger partial charge in [0.1, 0.15) is 5.75 Å². The third-order valence-electron chi connectivity index (χ3n) is 4.11. The Kier molecular flexibility index (Phi) is 8.00. The van der Waals surface area contributed by atoms with Crippen molar-refractivity contribution in [2.75, 3.05) is 6.54 Å². The molecule has 0 bridgehead atoms. The fourth-order valence-electron chi connectivity index (χ4n) is 2.51. The average Bonchev–Trinajstić information content (AvgIpc) is 2.49. The Morgan fingerprint density at radius 1 is 1.27 bits per heavy atom. The highest BCUT2D eigenvalue weighted by molar-refractivity contribution is 5.80. The lowest BCUT2D eigenvalue weighted by Crippen LogP contribution is -2.38. The molecule has 0 aliphatic rings. The molecule has 1 aromatic carbocycles. The Balaban J connectivity index is 2.47. The van der Waals surface area contributed by atoms with E-state index in [9.17, 15) is 4.79 Å². The van der Waals surface area contributed by atoms with Crippen LogP contribution in [-0.4, -0.2) is 18.6 Å². The molecule has 1 N–H and O–H groups in total. The van der Waals surface area contributed by atoms with Crippen LogP contribution in [-0.2, 0) is 4.79 Å². The van der Waals surface area contributed by atoms with E-state index >= 15 is 0 Å². The van der Waals surface area contributed by atoms with Gasteiger partial charge < -0.3 is 10.1 Å². The molecule has 0 aliphatic carbocycles. The fourth-order valence-corrected chi connectivity index (χ4v) is 2.51. The van der Waals surface area contributed by atoms with Crippen LogP contribution in [0.4, 0.5) is 0 Å². The van der Waals surface area contributed by atoms with Crippen LogP contribution in [0.3, 0.4) is 0 Å². The molecule has 0 aliphatic heterocycles. The molecule has 0 heterocycles. The summed E-state index contributed by atoms with van der Waals surface area (Å²) in [5.41, 5.74) is 2.26. The average molecular weight is 305 g/mol. The third-order valence-corrected chi connectivity index (χ3v) is 4.11. The summed E-state index contributed by atoms with van der Waals surface area (Å²) in [4.78, 5) is 12.2. The van der Waals surface area contributed by atoms with Gasteiger partial charge >= 0.3 is 0 Å². The molecule has 22 heavy (non-hydrogen) atoms. The van der Waals surface area contributed by atoms with Gasteiger partial charge in [0.25, 0.3) is 5.91 Å². The maximum absolute atomic E-state index is 12.2. The summed E-state index contributed by atoms with van der Waals surface area (Å²) in [6.07, 6.45) is 4.25. The predicted octanol–water partition coefficient (Wildman–Crippen LogP) is 4.40. The van der Waals surface area contributed by atoms with Gasteiger partial charge in [0.05, 0.1) is 0 Å². The van der Waals surface area contributed by atoms with Gasteiger partial charge in [-0.2, -0.15) is 0 Å². The zero-order chi connectivity index (χ0) is 16.5. The second-order valence-electron chi connectivity index (χ2n) is 6.19. The van der Waals surface area contributed by atoms with Crippen LogP contribution in [0, 0.1) is 19.8 Å². The van der Waals surface area contributed by atoms with Crippen molar-refractivity contribution >= 4 is 5.91 Å². The quantitative estimate of drug-likeness (QED) is 0.734. The molecule has 1 aromatic rings. The number of carbonyl (C=O) groups is 1. The summed E-state index contributed by atoms with van der Waals surface area (Å²) < 4.78 is 5.80. The first-order valence-corrected chi connectivity index (χ1v) is 8.49. The number of unbranched alkanes of at least 4 members (excludes halogenated alkanes) is 1. The molecule has 1 rings (SSSR count). The van der Waals surface area contributed by atoms with E-state index in [1.165, 1.54) is 24.8 Å². The third kappa shape index (κ3) is 6.08. The number of nitrogens with one attached hydrogen (secondary N) is 1. The highest BCUT2D eigenvalue weighted by Crippen LogP contribution is 2.20. The molecule has 0 radical (unpaired) electrons. The Bertz CT molecular complexity index is 471. The lowest BCUT2D eigenvalue weighted by Gasteiger charge is -2.19. The van der Waals surface area contributed by atoms with Gasteiger partial charge in [-0.3, -0.25) is 4.79 Å². The fraction of sp³-hybridized carbons (Fsp3) is 0.632.